The number of nitrogens with two attached hydrogens (primary N) is 1. The average Bonchev–Trinajstić information content (AvgIpc) is 2.40. The molecular weight excluding hydrogens is 274 g/mol. The van der Waals surface area contributed by atoms with Crippen molar-refractivity contribution in [2.45, 2.75) is 31.7 Å². The van der Waals surface area contributed by atoms with E-state index in [9.17, 15) is 8.42 Å². The van der Waals surface area contributed by atoms with E-state index in [1.165, 1.54) is 12.8 Å². The first-order valence-corrected chi connectivity index (χ1v) is 8.92. The number of anilines is 2. The summed E-state index contributed by atoms with van der Waals surface area (Å²) in [6, 6.07) is 7.70. The molecule has 0 bridgehead atoms. The highest BCUT2D eigenvalue weighted by molar-refractivity contribution is 7.92. The van der Waals surface area contributed by atoms with Crippen LogP contribution >= 0.6 is 0 Å². The van der Waals surface area contributed by atoms with Crippen LogP contribution in [0.15, 0.2) is 24.3 Å². The van der Waals surface area contributed by atoms with Crippen molar-refractivity contribution in [3.05, 3.63) is 24.3 Å². The van der Waals surface area contributed by atoms with Crippen molar-refractivity contribution in [2.75, 3.05) is 22.8 Å². The minimum atomic E-state index is -3.27. The third-order valence-electron chi connectivity index (χ3n) is 3.78. The average molecular weight is 297 g/mol. The number of benzene rings is 1. The summed E-state index contributed by atoms with van der Waals surface area (Å²) in [6.07, 6.45) is 5.79. The third kappa shape index (κ3) is 4.11. The summed E-state index contributed by atoms with van der Waals surface area (Å²) in [5, 5.41) is 3.47. The lowest BCUT2D eigenvalue weighted by Gasteiger charge is -2.32. The first-order chi connectivity index (χ1) is 9.49. The van der Waals surface area contributed by atoms with Gasteiger partial charge < -0.3 is 11.1 Å². The molecule has 0 heterocycles. The molecule has 112 valence electrons. The Morgan fingerprint density at radius 2 is 1.85 bits per heavy atom. The molecule has 6 heteroatoms. The molecule has 1 fully saturated rings. The van der Waals surface area contributed by atoms with Crippen LogP contribution in [0.3, 0.4) is 0 Å². The Balaban J connectivity index is 2.16. The number of rotatable bonds is 5. The van der Waals surface area contributed by atoms with E-state index in [1.54, 1.807) is 6.07 Å². The number of hydrogen-bond donors (Lipinski definition) is 3. The molecule has 2 rings (SSSR count). The predicted molar refractivity (Wildman–Crippen MR) is 83.3 cm³/mol. The molecule has 0 saturated heterocycles. The van der Waals surface area contributed by atoms with Crippen molar-refractivity contribution in [3.8, 4) is 0 Å². The van der Waals surface area contributed by atoms with Crippen molar-refractivity contribution >= 4 is 21.4 Å². The van der Waals surface area contributed by atoms with Gasteiger partial charge in [0.15, 0.2) is 0 Å². The fraction of sp³-hybridized carbons (Fsp3) is 0.571. The zero-order chi connectivity index (χ0) is 14.6. The Labute approximate surface area is 121 Å². The number of sulfonamides is 1. The Morgan fingerprint density at radius 3 is 2.50 bits per heavy atom. The molecular formula is C14H23N3O2S. The maximum absolute atomic E-state index is 11.4. The second kappa shape index (κ2) is 6.45. The standard InChI is InChI=1S/C14H23N3O2S/c1-20(18,19)17-14-9-5-4-8-13(14)16-12-7-3-2-6-11(12)10-15/h4-5,8-9,11-12,16-17H,2-3,6-7,10,15H2,1H3. The van der Waals surface area contributed by atoms with Gasteiger partial charge in [0, 0.05) is 6.04 Å². The van der Waals surface area contributed by atoms with Crippen LogP contribution in [0.1, 0.15) is 25.7 Å². The predicted octanol–water partition coefficient (Wildman–Crippen LogP) is 1.99. The van der Waals surface area contributed by atoms with E-state index < -0.39 is 10.0 Å². The molecule has 1 aromatic carbocycles. The van der Waals surface area contributed by atoms with Crippen LogP contribution in [0.2, 0.25) is 0 Å². The van der Waals surface area contributed by atoms with E-state index in [0.717, 1.165) is 24.8 Å². The van der Waals surface area contributed by atoms with E-state index in [0.29, 0.717) is 24.2 Å². The van der Waals surface area contributed by atoms with Crippen molar-refractivity contribution < 1.29 is 8.42 Å². The molecule has 2 unspecified atom stereocenters. The van der Waals surface area contributed by atoms with Crippen LogP contribution in [0.4, 0.5) is 11.4 Å². The minimum absolute atomic E-state index is 0.316. The Hall–Kier alpha value is -1.27. The second-order valence-electron chi connectivity index (χ2n) is 5.45. The molecule has 0 aliphatic heterocycles. The third-order valence-corrected chi connectivity index (χ3v) is 4.37. The summed E-state index contributed by atoms with van der Waals surface area (Å²) in [4.78, 5) is 0. The minimum Gasteiger partial charge on any atom is -0.380 e. The van der Waals surface area contributed by atoms with Gasteiger partial charge in [-0.3, -0.25) is 4.72 Å². The summed E-state index contributed by atoms with van der Waals surface area (Å²) in [6.45, 7) is 0.666. The Kier molecular flexibility index (Phi) is 4.88. The van der Waals surface area contributed by atoms with Crippen LogP contribution in [-0.2, 0) is 10.0 Å². The van der Waals surface area contributed by atoms with Gasteiger partial charge in [-0.05, 0) is 37.4 Å². The van der Waals surface area contributed by atoms with E-state index in [4.69, 9.17) is 5.73 Å². The molecule has 0 radical (unpaired) electrons. The van der Waals surface area contributed by atoms with Gasteiger partial charge in [0.05, 0.1) is 17.6 Å². The van der Waals surface area contributed by atoms with Crippen molar-refractivity contribution in [2.24, 2.45) is 11.7 Å². The maximum Gasteiger partial charge on any atom is 0.229 e. The number of hydrogen-bond acceptors (Lipinski definition) is 4. The molecule has 0 spiro atoms. The van der Waals surface area contributed by atoms with Crippen molar-refractivity contribution in [3.63, 3.8) is 0 Å². The molecule has 0 aromatic heterocycles. The smallest absolute Gasteiger partial charge is 0.229 e. The van der Waals surface area contributed by atoms with E-state index in [2.05, 4.69) is 10.0 Å². The van der Waals surface area contributed by atoms with Gasteiger partial charge in [-0.1, -0.05) is 25.0 Å². The first-order valence-electron chi connectivity index (χ1n) is 7.03. The largest absolute Gasteiger partial charge is 0.380 e. The molecule has 5 nitrogen and oxygen atoms in total. The highest BCUT2D eigenvalue weighted by Crippen LogP contribution is 2.30. The second-order valence-corrected chi connectivity index (χ2v) is 7.20. The van der Waals surface area contributed by atoms with Gasteiger partial charge in [-0.15, -0.1) is 0 Å². The molecule has 20 heavy (non-hydrogen) atoms. The molecule has 1 saturated carbocycles. The maximum atomic E-state index is 11.4. The van der Waals surface area contributed by atoms with Crippen LogP contribution in [0.25, 0.3) is 0 Å². The number of nitrogens with one attached hydrogen (secondary N) is 2. The zero-order valence-electron chi connectivity index (χ0n) is 11.8. The van der Waals surface area contributed by atoms with Crippen LogP contribution < -0.4 is 15.8 Å². The lowest BCUT2D eigenvalue weighted by atomic mass is 9.84. The summed E-state index contributed by atoms with van der Waals surface area (Å²) in [5.74, 6) is 0.454. The quantitative estimate of drug-likeness (QED) is 0.776. The Morgan fingerprint density at radius 1 is 1.20 bits per heavy atom. The van der Waals surface area contributed by atoms with Crippen LogP contribution in [0, 0.1) is 5.92 Å². The summed E-state index contributed by atoms with van der Waals surface area (Å²) in [7, 11) is -3.27. The topological polar surface area (TPSA) is 84.2 Å². The molecule has 4 N–H and O–H groups in total. The summed E-state index contributed by atoms with van der Waals surface area (Å²) in [5.41, 5.74) is 7.25. The lowest BCUT2D eigenvalue weighted by molar-refractivity contribution is 0.333. The van der Waals surface area contributed by atoms with Crippen LogP contribution in [0.5, 0.6) is 0 Å². The van der Waals surface area contributed by atoms with E-state index in [-0.39, 0.29) is 0 Å². The highest BCUT2D eigenvalue weighted by atomic mass is 32.2. The lowest BCUT2D eigenvalue weighted by Crippen LogP contribution is -2.36. The van der Waals surface area contributed by atoms with E-state index in [1.807, 2.05) is 18.2 Å². The van der Waals surface area contributed by atoms with E-state index >= 15 is 0 Å². The zero-order valence-corrected chi connectivity index (χ0v) is 12.6. The fourth-order valence-corrected chi connectivity index (χ4v) is 3.35. The normalized spacial score (nSPS) is 23.3. The SMILES string of the molecule is CS(=O)(=O)Nc1ccccc1NC1CCCCC1CN. The van der Waals surface area contributed by atoms with Gasteiger partial charge in [0.2, 0.25) is 10.0 Å². The van der Waals surface area contributed by atoms with Gasteiger partial charge in [0.25, 0.3) is 0 Å². The molecule has 2 atom stereocenters. The Bertz CT molecular complexity index is 545. The molecule has 1 aromatic rings. The van der Waals surface area contributed by atoms with Crippen LogP contribution in [-0.4, -0.2) is 27.3 Å². The van der Waals surface area contributed by atoms with Gasteiger partial charge in [-0.25, -0.2) is 8.42 Å². The molecule has 1 aliphatic rings. The molecule has 0 amide bonds. The highest BCUT2D eigenvalue weighted by Gasteiger charge is 2.24. The fourth-order valence-electron chi connectivity index (χ4n) is 2.78. The van der Waals surface area contributed by atoms with Gasteiger partial charge in [0.1, 0.15) is 0 Å². The monoisotopic (exact) mass is 297 g/mol. The molecule has 1 aliphatic carbocycles. The first kappa shape index (κ1) is 15.1. The van der Waals surface area contributed by atoms with Gasteiger partial charge >= 0.3 is 0 Å². The van der Waals surface area contributed by atoms with Crippen molar-refractivity contribution in [1.82, 2.24) is 0 Å². The number of para-hydroxylation sites is 2. The summed E-state index contributed by atoms with van der Waals surface area (Å²) >= 11 is 0. The van der Waals surface area contributed by atoms with Crippen molar-refractivity contribution in [1.29, 1.82) is 0 Å². The van der Waals surface area contributed by atoms with Gasteiger partial charge in [-0.2, -0.15) is 0 Å². The summed E-state index contributed by atoms with van der Waals surface area (Å²) < 4.78 is 25.4.